The summed E-state index contributed by atoms with van der Waals surface area (Å²) in [7, 11) is 0. The Labute approximate surface area is 106 Å². The summed E-state index contributed by atoms with van der Waals surface area (Å²) in [4.78, 5) is 8.75. The molecule has 2 aromatic rings. The summed E-state index contributed by atoms with van der Waals surface area (Å²) in [5, 5.41) is 3.90. The summed E-state index contributed by atoms with van der Waals surface area (Å²) in [5.74, 6) is 1.56. The lowest BCUT2D eigenvalue weighted by molar-refractivity contribution is 1.11. The summed E-state index contributed by atoms with van der Waals surface area (Å²) >= 11 is 5.93. The molecule has 0 spiro atoms. The molecule has 0 unspecified atom stereocenters. The molecule has 3 nitrogen and oxygen atoms in total. The fraction of sp³-hybridized carbons (Fsp3) is 0.231. The molecular formula is C13H14ClN3. The number of hydrogen-bond acceptors (Lipinski definition) is 3. The normalized spacial score (nSPS) is 10.3. The fourth-order valence-corrected chi connectivity index (χ4v) is 1.87. The van der Waals surface area contributed by atoms with E-state index >= 15 is 0 Å². The van der Waals surface area contributed by atoms with Crippen molar-refractivity contribution in [2.75, 3.05) is 11.9 Å². The summed E-state index contributed by atoms with van der Waals surface area (Å²) in [6.07, 6.45) is 1.76. The molecule has 88 valence electrons. The topological polar surface area (TPSA) is 37.8 Å². The monoisotopic (exact) mass is 247 g/mol. The van der Waals surface area contributed by atoms with E-state index in [0.717, 1.165) is 34.3 Å². The van der Waals surface area contributed by atoms with Crippen LogP contribution in [-0.4, -0.2) is 16.5 Å². The molecule has 0 atom stereocenters. The van der Waals surface area contributed by atoms with E-state index in [9.17, 15) is 0 Å². The van der Waals surface area contributed by atoms with Crippen LogP contribution in [0.4, 0.5) is 5.82 Å². The van der Waals surface area contributed by atoms with Crippen LogP contribution in [0.15, 0.2) is 30.5 Å². The highest BCUT2D eigenvalue weighted by atomic mass is 35.5. The van der Waals surface area contributed by atoms with Crippen LogP contribution in [-0.2, 0) is 0 Å². The van der Waals surface area contributed by atoms with Crippen LogP contribution >= 0.6 is 11.6 Å². The van der Waals surface area contributed by atoms with Gasteiger partial charge in [0.05, 0.1) is 0 Å². The lowest BCUT2D eigenvalue weighted by Crippen LogP contribution is -2.01. The second kappa shape index (κ2) is 5.15. The minimum Gasteiger partial charge on any atom is -0.370 e. The number of benzene rings is 1. The van der Waals surface area contributed by atoms with Crippen molar-refractivity contribution in [3.63, 3.8) is 0 Å². The van der Waals surface area contributed by atoms with Gasteiger partial charge in [-0.05, 0) is 43.7 Å². The highest BCUT2D eigenvalue weighted by molar-refractivity contribution is 6.30. The van der Waals surface area contributed by atoms with Gasteiger partial charge in [-0.2, -0.15) is 0 Å². The molecule has 0 amide bonds. The van der Waals surface area contributed by atoms with Crippen LogP contribution in [0.5, 0.6) is 0 Å². The van der Waals surface area contributed by atoms with Gasteiger partial charge in [0.2, 0.25) is 0 Å². The third kappa shape index (κ3) is 2.74. The van der Waals surface area contributed by atoms with E-state index in [1.807, 2.05) is 38.1 Å². The van der Waals surface area contributed by atoms with E-state index in [4.69, 9.17) is 11.6 Å². The maximum absolute atomic E-state index is 5.93. The molecule has 0 radical (unpaired) electrons. The lowest BCUT2D eigenvalue weighted by atomic mass is 10.1. The first-order valence-electron chi connectivity index (χ1n) is 5.54. The first-order valence-corrected chi connectivity index (χ1v) is 5.92. The van der Waals surface area contributed by atoms with Crippen LogP contribution in [0.2, 0.25) is 5.02 Å². The van der Waals surface area contributed by atoms with Gasteiger partial charge in [0, 0.05) is 23.3 Å². The molecule has 0 aliphatic carbocycles. The molecule has 0 aliphatic heterocycles. The van der Waals surface area contributed by atoms with E-state index in [0.29, 0.717) is 0 Å². The van der Waals surface area contributed by atoms with Crippen molar-refractivity contribution in [3.05, 3.63) is 41.0 Å². The molecule has 0 aliphatic rings. The zero-order valence-electron chi connectivity index (χ0n) is 9.87. The van der Waals surface area contributed by atoms with Crippen molar-refractivity contribution in [1.82, 2.24) is 9.97 Å². The van der Waals surface area contributed by atoms with Gasteiger partial charge in [0.15, 0.2) is 5.82 Å². The molecular weight excluding hydrogens is 234 g/mol. The zero-order valence-corrected chi connectivity index (χ0v) is 10.6. The van der Waals surface area contributed by atoms with Gasteiger partial charge >= 0.3 is 0 Å². The maximum atomic E-state index is 5.93. The number of aromatic nitrogens is 2. The molecule has 4 heteroatoms. The molecule has 1 aromatic carbocycles. The fourth-order valence-electron chi connectivity index (χ4n) is 1.65. The number of hydrogen-bond donors (Lipinski definition) is 1. The number of rotatable bonds is 3. The lowest BCUT2D eigenvalue weighted by Gasteiger charge is -2.07. The average Bonchev–Trinajstić information content (AvgIpc) is 2.29. The van der Waals surface area contributed by atoms with Crippen molar-refractivity contribution >= 4 is 17.4 Å². The minimum atomic E-state index is 0.720. The third-order valence-electron chi connectivity index (χ3n) is 2.44. The number of anilines is 1. The first-order chi connectivity index (χ1) is 8.20. The molecule has 0 fully saturated rings. The first kappa shape index (κ1) is 11.9. The van der Waals surface area contributed by atoms with E-state index in [-0.39, 0.29) is 0 Å². The smallest absolute Gasteiger partial charge is 0.161 e. The summed E-state index contributed by atoms with van der Waals surface area (Å²) in [6.45, 7) is 4.88. The Bertz CT molecular complexity index is 526. The summed E-state index contributed by atoms with van der Waals surface area (Å²) < 4.78 is 0. The predicted octanol–water partition coefficient (Wildman–Crippen LogP) is 3.54. The van der Waals surface area contributed by atoms with E-state index in [1.54, 1.807) is 6.20 Å². The number of aryl methyl sites for hydroxylation is 1. The van der Waals surface area contributed by atoms with Crippen LogP contribution in [0.25, 0.3) is 11.4 Å². The molecule has 0 saturated carbocycles. The van der Waals surface area contributed by atoms with Gasteiger partial charge < -0.3 is 5.32 Å². The molecule has 1 N–H and O–H groups in total. The van der Waals surface area contributed by atoms with Gasteiger partial charge in [-0.25, -0.2) is 9.97 Å². The van der Waals surface area contributed by atoms with Crippen molar-refractivity contribution < 1.29 is 0 Å². The highest BCUT2D eigenvalue weighted by Gasteiger charge is 2.06. The molecule has 1 aromatic heterocycles. The van der Waals surface area contributed by atoms with Crippen LogP contribution < -0.4 is 5.32 Å². The molecule has 0 saturated heterocycles. The Hall–Kier alpha value is -1.61. The van der Waals surface area contributed by atoms with Crippen LogP contribution in [0, 0.1) is 6.92 Å². The zero-order chi connectivity index (χ0) is 12.3. The Morgan fingerprint density at radius 1 is 1.29 bits per heavy atom. The second-order valence-electron chi connectivity index (χ2n) is 3.76. The Morgan fingerprint density at radius 2 is 2.12 bits per heavy atom. The molecule has 2 rings (SSSR count). The molecule has 1 heterocycles. The van der Waals surface area contributed by atoms with Crippen molar-refractivity contribution in [2.45, 2.75) is 13.8 Å². The maximum Gasteiger partial charge on any atom is 0.161 e. The van der Waals surface area contributed by atoms with Gasteiger partial charge in [-0.3, -0.25) is 0 Å². The van der Waals surface area contributed by atoms with Crippen LogP contribution in [0.1, 0.15) is 12.5 Å². The van der Waals surface area contributed by atoms with Gasteiger partial charge in [-0.1, -0.05) is 11.6 Å². The van der Waals surface area contributed by atoms with Crippen molar-refractivity contribution in [2.24, 2.45) is 0 Å². The quantitative estimate of drug-likeness (QED) is 0.902. The Kier molecular flexibility index (Phi) is 3.59. The largest absolute Gasteiger partial charge is 0.370 e. The van der Waals surface area contributed by atoms with E-state index < -0.39 is 0 Å². The Balaban J connectivity index is 2.42. The van der Waals surface area contributed by atoms with Crippen molar-refractivity contribution in [1.29, 1.82) is 0 Å². The SMILES string of the molecule is CCNc1ccnc(-c2ccc(Cl)cc2C)n1. The number of halogens is 1. The number of nitrogens with zero attached hydrogens (tertiary/aromatic N) is 2. The average molecular weight is 248 g/mol. The van der Waals surface area contributed by atoms with E-state index in [1.165, 1.54) is 0 Å². The van der Waals surface area contributed by atoms with Gasteiger partial charge in [0.25, 0.3) is 0 Å². The van der Waals surface area contributed by atoms with Crippen LogP contribution in [0.3, 0.4) is 0 Å². The Morgan fingerprint density at radius 3 is 2.82 bits per heavy atom. The second-order valence-corrected chi connectivity index (χ2v) is 4.19. The third-order valence-corrected chi connectivity index (χ3v) is 2.68. The predicted molar refractivity (Wildman–Crippen MR) is 71.4 cm³/mol. The highest BCUT2D eigenvalue weighted by Crippen LogP contribution is 2.23. The minimum absolute atomic E-state index is 0.720. The number of nitrogens with one attached hydrogen (secondary N) is 1. The van der Waals surface area contributed by atoms with Crippen molar-refractivity contribution in [3.8, 4) is 11.4 Å². The standard InChI is InChI=1S/C13H14ClN3/c1-3-15-12-6-7-16-13(17-12)11-5-4-10(14)8-9(11)2/h4-8H,3H2,1-2H3,(H,15,16,17). The van der Waals surface area contributed by atoms with Gasteiger partial charge in [-0.15, -0.1) is 0 Å². The summed E-state index contributed by atoms with van der Waals surface area (Å²) in [5.41, 5.74) is 2.08. The molecule has 17 heavy (non-hydrogen) atoms. The summed E-state index contributed by atoms with van der Waals surface area (Å²) in [6, 6.07) is 7.58. The van der Waals surface area contributed by atoms with Gasteiger partial charge in [0.1, 0.15) is 5.82 Å². The molecule has 0 bridgehead atoms. The van der Waals surface area contributed by atoms with E-state index in [2.05, 4.69) is 15.3 Å².